The number of carbonyl (C=O) groups is 2. The summed E-state index contributed by atoms with van der Waals surface area (Å²) in [4.78, 5) is 28.4. The summed E-state index contributed by atoms with van der Waals surface area (Å²) in [7, 11) is 0. The summed E-state index contributed by atoms with van der Waals surface area (Å²) in [5.74, 6) is -0.705. The fraction of sp³-hybridized carbons (Fsp3) is 0.946. The van der Waals surface area contributed by atoms with Gasteiger partial charge in [-0.05, 0) is 18.8 Å². The summed E-state index contributed by atoms with van der Waals surface area (Å²) in [6.07, 6.45) is 20.2. The van der Waals surface area contributed by atoms with E-state index in [-0.39, 0.29) is 11.8 Å². The summed E-state index contributed by atoms with van der Waals surface area (Å²) < 4.78 is 6.09. The molecule has 6 N–H and O–H groups in total. The van der Waals surface area contributed by atoms with Crippen molar-refractivity contribution < 1.29 is 29.6 Å². The van der Waals surface area contributed by atoms with Gasteiger partial charge in [0.05, 0.1) is 12.6 Å². The maximum Gasteiger partial charge on any atom is 0.237 e. The van der Waals surface area contributed by atoms with E-state index in [0.29, 0.717) is 13.0 Å². The molecular weight excluding hydrogens is 582 g/mol. The number of nitrogens with zero attached hydrogens (tertiary/aromatic N) is 1. The lowest BCUT2D eigenvalue weighted by molar-refractivity contribution is -0.231. The molecule has 1 aliphatic rings. The number of aliphatic hydroxyl groups is 3. The Bertz CT molecular complexity index is 769. The first kappa shape index (κ1) is 42.8. The highest BCUT2D eigenvalue weighted by molar-refractivity contribution is 5.82. The molecule has 6 atom stereocenters. The second kappa shape index (κ2) is 26.7. The Morgan fingerprint density at radius 2 is 1.15 bits per heavy atom. The highest BCUT2D eigenvalue weighted by atomic mass is 16.5. The number of hydrogen-bond donors (Lipinski definition) is 5. The molecule has 0 aromatic carbocycles. The molecule has 1 heterocycles. The van der Waals surface area contributed by atoms with Gasteiger partial charge in [0, 0.05) is 13.0 Å². The molecular formula is C37H73N3O6. The second-order valence-electron chi connectivity index (χ2n) is 14.1. The number of nitrogens with two attached hydrogens (primary N) is 1. The molecule has 1 fully saturated rings. The molecule has 9 heteroatoms. The summed E-state index contributed by atoms with van der Waals surface area (Å²) >= 11 is 0. The quantitative estimate of drug-likeness (QED) is 0.0618. The van der Waals surface area contributed by atoms with Gasteiger partial charge >= 0.3 is 0 Å². The molecule has 1 rings (SSSR count). The van der Waals surface area contributed by atoms with Crippen LogP contribution in [0.4, 0.5) is 0 Å². The largest absolute Gasteiger partial charge is 0.394 e. The molecule has 2 amide bonds. The van der Waals surface area contributed by atoms with Crippen molar-refractivity contribution in [2.75, 3.05) is 13.2 Å². The van der Waals surface area contributed by atoms with Crippen LogP contribution >= 0.6 is 0 Å². The lowest BCUT2D eigenvalue weighted by Gasteiger charge is -2.47. The first-order valence-corrected chi connectivity index (χ1v) is 19.2. The minimum absolute atomic E-state index is 0.0938. The van der Waals surface area contributed by atoms with E-state index in [2.05, 4.69) is 19.2 Å². The Kier molecular flexibility index (Phi) is 24.8. The van der Waals surface area contributed by atoms with Crippen molar-refractivity contribution in [1.29, 1.82) is 0 Å². The van der Waals surface area contributed by atoms with Gasteiger partial charge in [-0.1, -0.05) is 150 Å². The number of ether oxygens (including phenoxy) is 1. The Morgan fingerprint density at radius 3 is 1.59 bits per heavy atom. The van der Waals surface area contributed by atoms with Gasteiger partial charge in [0.2, 0.25) is 11.8 Å². The van der Waals surface area contributed by atoms with E-state index in [1.165, 1.54) is 96.3 Å². The maximum absolute atomic E-state index is 13.7. The van der Waals surface area contributed by atoms with Crippen LogP contribution in [0.5, 0.6) is 0 Å². The third-order valence-electron chi connectivity index (χ3n) is 9.60. The van der Waals surface area contributed by atoms with Gasteiger partial charge in [-0.25, -0.2) is 0 Å². The summed E-state index contributed by atoms with van der Waals surface area (Å²) in [6.45, 7) is 8.04. The van der Waals surface area contributed by atoms with Gasteiger partial charge < -0.3 is 36.0 Å². The average Bonchev–Trinajstić information content (AvgIpc) is 3.04. The smallest absolute Gasteiger partial charge is 0.237 e. The van der Waals surface area contributed by atoms with Crippen LogP contribution in [0.2, 0.25) is 0 Å². The highest BCUT2D eigenvalue weighted by Crippen LogP contribution is 2.26. The minimum Gasteiger partial charge on any atom is -0.394 e. The SMILES string of the molecule is CCCCCCCCCCCCCCN(C(=O)CCCCCCCCCCC)[C@@H]1O[C@H](CO)[C@@H](O)[C@H](O)[C@H]1NC(=O)[C@@H](N)C(C)C. The Balaban J connectivity index is 2.82. The van der Waals surface area contributed by atoms with Crippen LogP contribution in [0, 0.1) is 5.92 Å². The van der Waals surface area contributed by atoms with Crippen molar-refractivity contribution in [3.63, 3.8) is 0 Å². The van der Waals surface area contributed by atoms with Crippen LogP contribution in [-0.4, -0.2) is 81.8 Å². The van der Waals surface area contributed by atoms with E-state index in [4.69, 9.17) is 10.5 Å². The molecule has 272 valence electrons. The normalized spacial score (nSPS) is 22.2. The van der Waals surface area contributed by atoms with Crippen molar-refractivity contribution >= 4 is 11.8 Å². The number of hydrogen-bond acceptors (Lipinski definition) is 7. The molecule has 0 aliphatic carbocycles. The molecule has 46 heavy (non-hydrogen) atoms. The first-order chi connectivity index (χ1) is 22.2. The van der Waals surface area contributed by atoms with E-state index in [0.717, 1.165) is 38.5 Å². The first-order valence-electron chi connectivity index (χ1n) is 19.2. The number of nitrogens with one attached hydrogen (secondary N) is 1. The highest BCUT2D eigenvalue weighted by Gasteiger charge is 2.48. The van der Waals surface area contributed by atoms with Crippen LogP contribution in [0.3, 0.4) is 0 Å². The van der Waals surface area contributed by atoms with Crippen molar-refractivity contribution in [2.24, 2.45) is 11.7 Å². The summed E-state index contributed by atoms with van der Waals surface area (Å²) in [5.41, 5.74) is 6.10. The maximum atomic E-state index is 13.7. The molecule has 0 spiro atoms. The second-order valence-corrected chi connectivity index (χ2v) is 14.1. The van der Waals surface area contributed by atoms with Crippen LogP contribution in [0.1, 0.15) is 169 Å². The van der Waals surface area contributed by atoms with E-state index < -0.39 is 49.1 Å². The lowest BCUT2D eigenvalue weighted by atomic mass is 9.94. The molecule has 0 aromatic rings. The van der Waals surface area contributed by atoms with E-state index in [9.17, 15) is 24.9 Å². The van der Waals surface area contributed by atoms with Crippen molar-refractivity contribution in [2.45, 2.75) is 206 Å². The molecule has 1 aliphatic heterocycles. The summed E-state index contributed by atoms with van der Waals surface area (Å²) in [5, 5.41) is 34.5. The zero-order valence-corrected chi connectivity index (χ0v) is 30.1. The molecule has 0 bridgehead atoms. The van der Waals surface area contributed by atoms with Gasteiger partial charge in [0.25, 0.3) is 0 Å². The molecule has 1 saturated heterocycles. The minimum atomic E-state index is -1.43. The van der Waals surface area contributed by atoms with E-state index in [1.54, 1.807) is 4.90 Å². The zero-order valence-electron chi connectivity index (χ0n) is 30.1. The summed E-state index contributed by atoms with van der Waals surface area (Å²) in [6, 6.07) is -1.89. The Labute approximate surface area is 281 Å². The molecule has 0 aromatic heterocycles. The number of amides is 2. The number of unbranched alkanes of at least 4 members (excludes halogenated alkanes) is 19. The molecule has 9 nitrogen and oxygen atoms in total. The van der Waals surface area contributed by atoms with Crippen LogP contribution in [0.25, 0.3) is 0 Å². The van der Waals surface area contributed by atoms with Gasteiger partial charge in [0.1, 0.15) is 24.4 Å². The molecule has 0 unspecified atom stereocenters. The third-order valence-corrected chi connectivity index (χ3v) is 9.60. The van der Waals surface area contributed by atoms with Crippen LogP contribution in [-0.2, 0) is 14.3 Å². The monoisotopic (exact) mass is 656 g/mol. The molecule has 0 radical (unpaired) electrons. The van der Waals surface area contributed by atoms with Crippen molar-refractivity contribution in [3.05, 3.63) is 0 Å². The lowest BCUT2D eigenvalue weighted by Crippen LogP contribution is -2.69. The van der Waals surface area contributed by atoms with Gasteiger partial charge in [-0.2, -0.15) is 0 Å². The zero-order chi connectivity index (χ0) is 34.2. The predicted octanol–water partition coefficient (Wildman–Crippen LogP) is 6.34. The Morgan fingerprint density at radius 1 is 0.717 bits per heavy atom. The fourth-order valence-electron chi connectivity index (χ4n) is 6.33. The topological polar surface area (TPSA) is 145 Å². The average molecular weight is 656 g/mol. The van der Waals surface area contributed by atoms with Gasteiger partial charge in [-0.3, -0.25) is 9.59 Å². The van der Waals surface area contributed by atoms with Crippen LogP contribution in [0.15, 0.2) is 0 Å². The van der Waals surface area contributed by atoms with Gasteiger partial charge in [0.15, 0.2) is 6.23 Å². The molecule has 0 saturated carbocycles. The van der Waals surface area contributed by atoms with Crippen LogP contribution < -0.4 is 11.1 Å². The van der Waals surface area contributed by atoms with Crippen molar-refractivity contribution in [1.82, 2.24) is 10.2 Å². The number of rotatable bonds is 28. The number of aliphatic hydroxyl groups excluding tert-OH is 3. The fourth-order valence-corrected chi connectivity index (χ4v) is 6.33. The van der Waals surface area contributed by atoms with E-state index in [1.807, 2.05) is 13.8 Å². The Hall–Kier alpha value is -1.26. The van der Waals surface area contributed by atoms with Crippen molar-refractivity contribution in [3.8, 4) is 0 Å². The predicted molar refractivity (Wildman–Crippen MR) is 187 cm³/mol. The standard InChI is InChI=1S/C37H73N3O6/c1-5-7-9-11-13-15-16-17-19-21-23-25-27-40(31(42)26-24-22-20-18-14-12-10-8-6-2)37-33(39-36(45)32(38)29(3)4)35(44)34(43)30(28-41)46-37/h29-30,32-35,37,41,43-44H,5-28,38H2,1-4H3,(H,39,45)/t30-,32+,33-,34-,35-,37-/m1/s1. The van der Waals surface area contributed by atoms with Gasteiger partial charge in [-0.15, -0.1) is 0 Å². The van der Waals surface area contributed by atoms with E-state index >= 15 is 0 Å². The third kappa shape index (κ3) is 17.2. The number of carbonyl (C=O) groups excluding carboxylic acids is 2.